The standard InChI is InChI=1S/C10H20N2O2/c1-8(11-3)9(13)12-6-4-10(2,14)5-7-12/h8,11,14H,4-7H2,1-3H3/t8-/m0/s1. The Labute approximate surface area is 85.3 Å². The zero-order valence-electron chi connectivity index (χ0n) is 9.21. The molecule has 0 unspecified atom stereocenters. The van der Waals surface area contributed by atoms with Crippen LogP contribution in [-0.2, 0) is 4.79 Å². The summed E-state index contributed by atoms with van der Waals surface area (Å²) in [6, 6.07) is -0.127. The minimum Gasteiger partial charge on any atom is -0.390 e. The lowest BCUT2D eigenvalue weighted by Crippen LogP contribution is -2.50. The number of aliphatic hydroxyl groups is 1. The second kappa shape index (κ2) is 4.28. The van der Waals surface area contributed by atoms with Gasteiger partial charge in [-0.2, -0.15) is 0 Å². The number of likely N-dealkylation sites (tertiary alicyclic amines) is 1. The van der Waals surface area contributed by atoms with Gasteiger partial charge in [-0.25, -0.2) is 0 Å². The maximum absolute atomic E-state index is 11.7. The van der Waals surface area contributed by atoms with Crippen molar-refractivity contribution < 1.29 is 9.90 Å². The van der Waals surface area contributed by atoms with Crippen molar-refractivity contribution in [2.45, 2.75) is 38.3 Å². The van der Waals surface area contributed by atoms with Crippen LogP contribution in [0.15, 0.2) is 0 Å². The summed E-state index contributed by atoms with van der Waals surface area (Å²) >= 11 is 0. The van der Waals surface area contributed by atoms with E-state index in [-0.39, 0.29) is 11.9 Å². The molecule has 82 valence electrons. The maximum atomic E-state index is 11.7. The van der Waals surface area contributed by atoms with Crippen LogP contribution < -0.4 is 5.32 Å². The Morgan fingerprint density at radius 1 is 1.50 bits per heavy atom. The van der Waals surface area contributed by atoms with Crippen LogP contribution in [0, 0.1) is 0 Å². The number of carbonyl (C=O) groups excluding carboxylic acids is 1. The topological polar surface area (TPSA) is 52.6 Å². The number of rotatable bonds is 2. The van der Waals surface area contributed by atoms with E-state index >= 15 is 0 Å². The molecule has 1 amide bonds. The summed E-state index contributed by atoms with van der Waals surface area (Å²) in [6.45, 7) is 5.01. The van der Waals surface area contributed by atoms with Gasteiger partial charge in [0.2, 0.25) is 5.91 Å². The highest BCUT2D eigenvalue weighted by Crippen LogP contribution is 2.21. The van der Waals surface area contributed by atoms with Crippen LogP contribution in [-0.4, -0.2) is 47.7 Å². The van der Waals surface area contributed by atoms with Crippen molar-refractivity contribution in [1.29, 1.82) is 0 Å². The van der Waals surface area contributed by atoms with Crippen molar-refractivity contribution in [2.75, 3.05) is 20.1 Å². The lowest BCUT2D eigenvalue weighted by atomic mass is 9.93. The molecule has 1 heterocycles. The van der Waals surface area contributed by atoms with Gasteiger partial charge in [0.25, 0.3) is 0 Å². The first-order chi connectivity index (χ1) is 6.46. The summed E-state index contributed by atoms with van der Waals surface area (Å²) in [5, 5.41) is 12.6. The molecule has 0 spiro atoms. The van der Waals surface area contributed by atoms with Gasteiger partial charge in [-0.1, -0.05) is 0 Å². The number of hydrogen-bond acceptors (Lipinski definition) is 3. The quantitative estimate of drug-likeness (QED) is 0.658. The van der Waals surface area contributed by atoms with Crippen LogP contribution >= 0.6 is 0 Å². The molecule has 0 bridgehead atoms. The Morgan fingerprint density at radius 2 is 2.00 bits per heavy atom. The highest BCUT2D eigenvalue weighted by molar-refractivity contribution is 5.81. The molecule has 1 fully saturated rings. The molecule has 0 aromatic carbocycles. The normalized spacial score (nSPS) is 23.3. The predicted molar refractivity (Wildman–Crippen MR) is 55.0 cm³/mol. The summed E-state index contributed by atoms with van der Waals surface area (Å²) in [6.07, 6.45) is 1.35. The molecule has 0 aromatic rings. The maximum Gasteiger partial charge on any atom is 0.239 e. The van der Waals surface area contributed by atoms with Crippen LogP contribution in [0.1, 0.15) is 26.7 Å². The molecule has 2 N–H and O–H groups in total. The fourth-order valence-electron chi connectivity index (χ4n) is 1.61. The molecule has 0 saturated carbocycles. The van der Waals surface area contributed by atoms with Crippen LogP contribution in [0.2, 0.25) is 0 Å². The van der Waals surface area contributed by atoms with Crippen molar-refractivity contribution in [1.82, 2.24) is 10.2 Å². The van der Waals surface area contributed by atoms with Crippen molar-refractivity contribution in [3.8, 4) is 0 Å². The van der Waals surface area contributed by atoms with Gasteiger partial charge in [0.1, 0.15) is 0 Å². The van der Waals surface area contributed by atoms with Gasteiger partial charge in [0, 0.05) is 13.1 Å². The zero-order chi connectivity index (χ0) is 10.8. The Bertz CT molecular complexity index is 206. The molecule has 1 rings (SSSR count). The van der Waals surface area contributed by atoms with E-state index in [4.69, 9.17) is 0 Å². The van der Waals surface area contributed by atoms with Gasteiger partial charge >= 0.3 is 0 Å². The zero-order valence-corrected chi connectivity index (χ0v) is 9.21. The molecule has 1 atom stereocenters. The van der Waals surface area contributed by atoms with E-state index in [1.807, 2.05) is 18.7 Å². The van der Waals surface area contributed by atoms with E-state index in [1.54, 1.807) is 7.05 Å². The Balaban J connectivity index is 2.46. The van der Waals surface area contributed by atoms with E-state index in [9.17, 15) is 9.90 Å². The van der Waals surface area contributed by atoms with Crippen LogP contribution in [0.5, 0.6) is 0 Å². The predicted octanol–water partition coefficient (Wildman–Crippen LogP) is -0.0323. The molecular formula is C10H20N2O2. The van der Waals surface area contributed by atoms with E-state index in [0.29, 0.717) is 25.9 Å². The van der Waals surface area contributed by atoms with Gasteiger partial charge in [0.15, 0.2) is 0 Å². The third kappa shape index (κ3) is 2.69. The first kappa shape index (κ1) is 11.5. The van der Waals surface area contributed by atoms with Crippen LogP contribution in [0.25, 0.3) is 0 Å². The SMILES string of the molecule is CN[C@@H](C)C(=O)N1CCC(C)(O)CC1. The average molecular weight is 200 g/mol. The minimum absolute atomic E-state index is 0.127. The lowest BCUT2D eigenvalue weighted by molar-refractivity contribution is -0.136. The first-order valence-corrected chi connectivity index (χ1v) is 5.15. The molecule has 1 saturated heterocycles. The van der Waals surface area contributed by atoms with Gasteiger partial charge in [-0.05, 0) is 33.7 Å². The van der Waals surface area contributed by atoms with Crippen LogP contribution in [0.3, 0.4) is 0 Å². The molecular weight excluding hydrogens is 180 g/mol. The molecule has 4 nitrogen and oxygen atoms in total. The van der Waals surface area contributed by atoms with Crippen molar-refractivity contribution >= 4 is 5.91 Å². The smallest absolute Gasteiger partial charge is 0.239 e. The fourth-order valence-corrected chi connectivity index (χ4v) is 1.61. The highest BCUT2D eigenvalue weighted by atomic mass is 16.3. The Hall–Kier alpha value is -0.610. The Morgan fingerprint density at radius 3 is 2.43 bits per heavy atom. The summed E-state index contributed by atoms with van der Waals surface area (Å²) in [5.41, 5.74) is -0.584. The van der Waals surface area contributed by atoms with E-state index in [0.717, 1.165) is 0 Å². The van der Waals surface area contributed by atoms with E-state index in [2.05, 4.69) is 5.32 Å². The molecule has 14 heavy (non-hydrogen) atoms. The van der Waals surface area contributed by atoms with Gasteiger partial charge in [-0.15, -0.1) is 0 Å². The van der Waals surface area contributed by atoms with Gasteiger partial charge in [-0.3, -0.25) is 4.79 Å². The van der Waals surface area contributed by atoms with E-state index < -0.39 is 5.60 Å². The number of amides is 1. The number of nitrogens with one attached hydrogen (secondary N) is 1. The van der Waals surface area contributed by atoms with Gasteiger partial charge in [0.05, 0.1) is 11.6 Å². The number of hydrogen-bond donors (Lipinski definition) is 2. The summed E-state index contributed by atoms with van der Waals surface area (Å²) < 4.78 is 0. The lowest BCUT2D eigenvalue weighted by Gasteiger charge is -2.36. The molecule has 1 aliphatic rings. The summed E-state index contributed by atoms with van der Waals surface area (Å²) in [5.74, 6) is 0.128. The summed E-state index contributed by atoms with van der Waals surface area (Å²) in [7, 11) is 1.78. The highest BCUT2D eigenvalue weighted by Gasteiger charge is 2.30. The van der Waals surface area contributed by atoms with Crippen LogP contribution in [0.4, 0.5) is 0 Å². The second-order valence-electron chi connectivity index (χ2n) is 4.33. The largest absolute Gasteiger partial charge is 0.390 e. The number of piperidine rings is 1. The summed E-state index contributed by atoms with van der Waals surface area (Å²) in [4.78, 5) is 13.5. The molecule has 0 aromatic heterocycles. The molecule has 0 radical (unpaired) electrons. The number of nitrogens with zero attached hydrogens (tertiary/aromatic N) is 1. The monoisotopic (exact) mass is 200 g/mol. The average Bonchev–Trinajstić information content (AvgIpc) is 2.15. The van der Waals surface area contributed by atoms with Crippen molar-refractivity contribution in [2.24, 2.45) is 0 Å². The fraction of sp³-hybridized carbons (Fsp3) is 0.900. The number of carbonyl (C=O) groups is 1. The molecule has 0 aliphatic carbocycles. The second-order valence-corrected chi connectivity index (χ2v) is 4.33. The number of likely N-dealkylation sites (N-methyl/N-ethyl adjacent to an activating group) is 1. The third-order valence-electron chi connectivity index (χ3n) is 2.96. The van der Waals surface area contributed by atoms with E-state index in [1.165, 1.54) is 0 Å². The Kier molecular flexibility index (Phi) is 3.50. The van der Waals surface area contributed by atoms with Gasteiger partial charge < -0.3 is 15.3 Å². The minimum atomic E-state index is -0.584. The first-order valence-electron chi connectivity index (χ1n) is 5.15. The molecule has 1 aliphatic heterocycles. The van der Waals surface area contributed by atoms with Crippen molar-refractivity contribution in [3.05, 3.63) is 0 Å². The van der Waals surface area contributed by atoms with Crippen molar-refractivity contribution in [3.63, 3.8) is 0 Å². The molecule has 4 heteroatoms. The third-order valence-corrected chi connectivity index (χ3v) is 2.96.